The molecule has 17 heavy (non-hydrogen) atoms. The van der Waals surface area contributed by atoms with Crippen LogP contribution in [0.2, 0.25) is 5.02 Å². The van der Waals surface area contributed by atoms with Crippen LogP contribution in [0.5, 0.6) is 0 Å². The van der Waals surface area contributed by atoms with Crippen LogP contribution in [-0.2, 0) is 7.05 Å². The van der Waals surface area contributed by atoms with Crippen molar-refractivity contribution in [3.8, 4) is 6.07 Å². The Morgan fingerprint density at radius 1 is 1.53 bits per heavy atom. The van der Waals surface area contributed by atoms with E-state index in [0.29, 0.717) is 16.4 Å². The number of aromatic nitrogens is 3. The molecule has 0 unspecified atom stereocenters. The smallest absolute Gasteiger partial charge is 0.150 e. The number of nitrogens with one attached hydrogen (secondary N) is 1. The van der Waals surface area contributed by atoms with Gasteiger partial charge in [0.1, 0.15) is 11.1 Å². The van der Waals surface area contributed by atoms with Gasteiger partial charge in [-0.25, -0.2) is 4.98 Å². The lowest BCUT2D eigenvalue weighted by Gasteiger charge is -2.06. The number of halogens is 1. The monoisotopic (exact) mass is 247 g/mol. The first-order valence-electron chi connectivity index (χ1n) is 4.93. The quantitative estimate of drug-likeness (QED) is 0.885. The summed E-state index contributed by atoms with van der Waals surface area (Å²) in [5.74, 6) is 0.460. The van der Waals surface area contributed by atoms with Gasteiger partial charge in [0.2, 0.25) is 0 Å². The molecule has 2 rings (SSSR count). The number of hydrogen-bond donors (Lipinski definition) is 1. The lowest BCUT2D eigenvalue weighted by Crippen LogP contribution is -1.96. The van der Waals surface area contributed by atoms with Crippen molar-refractivity contribution in [1.29, 1.82) is 5.26 Å². The zero-order valence-electron chi connectivity index (χ0n) is 9.40. The summed E-state index contributed by atoms with van der Waals surface area (Å²) >= 11 is 6.04. The molecule has 1 N–H and O–H groups in total. The minimum absolute atomic E-state index is 0.318. The van der Waals surface area contributed by atoms with Crippen LogP contribution in [0.3, 0.4) is 0 Å². The fourth-order valence-electron chi connectivity index (χ4n) is 1.47. The van der Waals surface area contributed by atoms with Crippen LogP contribution in [0.4, 0.5) is 11.5 Å². The molecule has 0 saturated heterocycles. The Balaban J connectivity index is 2.37. The molecule has 0 aliphatic rings. The van der Waals surface area contributed by atoms with Gasteiger partial charge in [-0.3, -0.25) is 4.68 Å². The van der Waals surface area contributed by atoms with Gasteiger partial charge in [0, 0.05) is 19.4 Å². The summed E-state index contributed by atoms with van der Waals surface area (Å²) in [6.07, 6.45) is 3.37. The van der Waals surface area contributed by atoms with Crippen LogP contribution < -0.4 is 5.32 Å². The van der Waals surface area contributed by atoms with Crippen molar-refractivity contribution in [2.75, 3.05) is 5.32 Å². The van der Waals surface area contributed by atoms with E-state index < -0.39 is 0 Å². The predicted molar refractivity (Wildman–Crippen MR) is 65.2 cm³/mol. The maximum Gasteiger partial charge on any atom is 0.150 e. The first-order valence-corrected chi connectivity index (χ1v) is 5.31. The highest BCUT2D eigenvalue weighted by Crippen LogP contribution is 2.26. The van der Waals surface area contributed by atoms with E-state index in [-0.39, 0.29) is 0 Å². The van der Waals surface area contributed by atoms with Crippen LogP contribution in [0.25, 0.3) is 0 Å². The summed E-state index contributed by atoms with van der Waals surface area (Å²) < 4.78 is 1.69. The fraction of sp³-hybridized carbons (Fsp3) is 0.182. The summed E-state index contributed by atoms with van der Waals surface area (Å²) in [6, 6.07) is 3.58. The third-order valence-electron chi connectivity index (χ3n) is 2.28. The minimum Gasteiger partial charge on any atom is -0.336 e. The number of pyridine rings is 1. The maximum absolute atomic E-state index is 8.86. The van der Waals surface area contributed by atoms with Crippen LogP contribution in [0.15, 0.2) is 18.5 Å². The molecule has 2 aromatic rings. The second kappa shape index (κ2) is 4.44. The van der Waals surface area contributed by atoms with E-state index >= 15 is 0 Å². The van der Waals surface area contributed by atoms with Gasteiger partial charge in [-0.15, -0.1) is 0 Å². The molecule has 0 aromatic carbocycles. The normalized spacial score (nSPS) is 10.0. The average molecular weight is 248 g/mol. The zero-order valence-corrected chi connectivity index (χ0v) is 10.2. The van der Waals surface area contributed by atoms with Crippen LogP contribution in [-0.4, -0.2) is 14.8 Å². The number of nitrogens with zero attached hydrogens (tertiary/aromatic N) is 4. The van der Waals surface area contributed by atoms with Gasteiger partial charge in [0.15, 0.2) is 5.82 Å². The van der Waals surface area contributed by atoms with E-state index in [1.54, 1.807) is 16.9 Å². The molecule has 5 nitrogen and oxygen atoms in total. The standard InChI is InChI=1S/C11H10ClN5/c1-7-9(6-17(2)16-7)15-11-10(12)8(5-13)3-4-14-11/h3-4,6H,1-2H3,(H,14,15). The fourth-order valence-corrected chi connectivity index (χ4v) is 1.67. The first-order chi connectivity index (χ1) is 8.11. The third-order valence-corrected chi connectivity index (χ3v) is 2.66. The second-order valence-corrected chi connectivity index (χ2v) is 3.94. The zero-order chi connectivity index (χ0) is 12.4. The molecule has 6 heteroatoms. The van der Waals surface area contributed by atoms with E-state index in [2.05, 4.69) is 15.4 Å². The van der Waals surface area contributed by atoms with E-state index in [1.165, 1.54) is 0 Å². The Labute approximate surface area is 104 Å². The number of rotatable bonds is 2. The lowest BCUT2D eigenvalue weighted by atomic mass is 10.3. The number of aryl methyl sites for hydroxylation is 2. The summed E-state index contributed by atoms with van der Waals surface area (Å²) in [6.45, 7) is 1.88. The van der Waals surface area contributed by atoms with Crippen molar-refractivity contribution in [2.45, 2.75) is 6.92 Å². The highest BCUT2D eigenvalue weighted by molar-refractivity contribution is 6.34. The highest BCUT2D eigenvalue weighted by atomic mass is 35.5. The molecule has 0 spiro atoms. The Morgan fingerprint density at radius 2 is 2.29 bits per heavy atom. The Morgan fingerprint density at radius 3 is 2.88 bits per heavy atom. The topological polar surface area (TPSA) is 66.5 Å². The Kier molecular flexibility index (Phi) is 2.98. The molecule has 0 atom stereocenters. The molecule has 2 heterocycles. The van der Waals surface area contributed by atoms with Gasteiger partial charge in [-0.05, 0) is 13.0 Å². The molecule has 0 aliphatic heterocycles. The van der Waals surface area contributed by atoms with Crippen molar-refractivity contribution < 1.29 is 0 Å². The predicted octanol–water partition coefficient (Wildman–Crippen LogP) is 2.39. The molecule has 86 valence electrons. The number of hydrogen-bond acceptors (Lipinski definition) is 4. The first kappa shape index (κ1) is 11.4. The molecule has 0 aliphatic carbocycles. The maximum atomic E-state index is 8.86. The Hall–Kier alpha value is -2.06. The minimum atomic E-state index is 0.318. The molecule has 0 saturated carbocycles. The van der Waals surface area contributed by atoms with Crippen molar-refractivity contribution >= 4 is 23.1 Å². The third kappa shape index (κ3) is 2.22. The summed E-state index contributed by atoms with van der Waals surface area (Å²) in [5.41, 5.74) is 2.05. The van der Waals surface area contributed by atoms with E-state index in [0.717, 1.165) is 11.4 Å². The molecule has 2 aromatic heterocycles. The second-order valence-electron chi connectivity index (χ2n) is 3.56. The van der Waals surface area contributed by atoms with Gasteiger partial charge >= 0.3 is 0 Å². The van der Waals surface area contributed by atoms with Gasteiger partial charge in [0.05, 0.1) is 16.9 Å². The van der Waals surface area contributed by atoms with Crippen molar-refractivity contribution in [2.24, 2.45) is 7.05 Å². The van der Waals surface area contributed by atoms with Crippen LogP contribution in [0.1, 0.15) is 11.3 Å². The Bertz CT molecular complexity index is 596. The molecular formula is C11H10ClN5. The highest BCUT2D eigenvalue weighted by Gasteiger charge is 2.10. The van der Waals surface area contributed by atoms with E-state index in [4.69, 9.17) is 16.9 Å². The van der Waals surface area contributed by atoms with Crippen molar-refractivity contribution in [1.82, 2.24) is 14.8 Å². The van der Waals surface area contributed by atoms with Crippen LogP contribution >= 0.6 is 11.6 Å². The molecule has 0 amide bonds. The molecule has 0 radical (unpaired) electrons. The number of nitriles is 1. The van der Waals surface area contributed by atoms with Gasteiger partial charge in [-0.1, -0.05) is 11.6 Å². The molecule has 0 bridgehead atoms. The molecular weight excluding hydrogens is 238 g/mol. The van der Waals surface area contributed by atoms with Crippen molar-refractivity contribution in [3.05, 3.63) is 34.7 Å². The van der Waals surface area contributed by atoms with Crippen LogP contribution in [0, 0.1) is 18.3 Å². The van der Waals surface area contributed by atoms with E-state index in [9.17, 15) is 0 Å². The van der Waals surface area contributed by atoms with Gasteiger partial charge in [0.25, 0.3) is 0 Å². The summed E-state index contributed by atoms with van der Waals surface area (Å²) in [7, 11) is 1.83. The summed E-state index contributed by atoms with van der Waals surface area (Å²) in [4.78, 5) is 4.10. The van der Waals surface area contributed by atoms with E-state index in [1.807, 2.05) is 26.2 Å². The number of anilines is 2. The lowest BCUT2D eigenvalue weighted by molar-refractivity contribution is 0.756. The van der Waals surface area contributed by atoms with Gasteiger partial charge < -0.3 is 5.32 Å². The van der Waals surface area contributed by atoms with Crippen molar-refractivity contribution in [3.63, 3.8) is 0 Å². The average Bonchev–Trinajstić information content (AvgIpc) is 2.60. The molecule has 0 fully saturated rings. The largest absolute Gasteiger partial charge is 0.336 e. The summed E-state index contributed by atoms with van der Waals surface area (Å²) in [5, 5.41) is 16.4. The SMILES string of the molecule is Cc1nn(C)cc1Nc1nccc(C#N)c1Cl. The van der Waals surface area contributed by atoms with Gasteiger partial charge in [-0.2, -0.15) is 10.4 Å².